The van der Waals surface area contributed by atoms with Crippen LogP contribution in [0, 0.1) is 0 Å². The van der Waals surface area contributed by atoms with E-state index in [0.717, 1.165) is 5.52 Å². The number of H-pyrrole nitrogens is 1. The summed E-state index contributed by atoms with van der Waals surface area (Å²) in [5.74, 6) is 1.32. The molecule has 3 aromatic rings. The number of aromatic amines is 1. The molecule has 0 unspecified atom stereocenters. The van der Waals surface area contributed by atoms with E-state index in [0.29, 0.717) is 23.0 Å². The normalized spacial score (nSPS) is 10.9. The van der Waals surface area contributed by atoms with Crippen molar-refractivity contribution in [3.05, 3.63) is 18.6 Å². The Morgan fingerprint density at radius 1 is 1.41 bits per heavy atom. The number of aromatic nitrogens is 6. The molecular formula is C10H10N6O. The maximum atomic E-state index is 5.15. The predicted octanol–water partition coefficient (Wildman–Crippen LogP) is 0.762. The zero-order valence-corrected chi connectivity index (χ0v) is 9.38. The molecule has 0 aliphatic carbocycles. The van der Waals surface area contributed by atoms with Gasteiger partial charge in [0, 0.05) is 13.1 Å². The first-order valence-corrected chi connectivity index (χ1v) is 5.02. The van der Waals surface area contributed by atoms with E-state index >= 15 is 0 Å². The first kappa shape index (κ1) is 9.76. The number of hydrogen-bond acceptors (Lipinski definition) is 5. The molecule has 0 aromatic carbocycles. The zero-order valence-electron chi connectivity index (χ0n) is 9.38. The van der Waals surface area contributed by atoms with Crippen molar-refractivity contribution in [2.45, 2.75) is 0 Å². The molecule has 0 atom stereocenters. The van der Waals surface area contributed by atoms with Crippen LogP contribution in [0.25, 0.3) is 22.7 Å². The fourth-order valence-corrected chi connectivity index (χ4v) is 1.64. The van der Waals surface area contributed by atoms with Gasteiger partial charge in [0.15, 0.2) is 11.5 Å². The quantitative estimate of drug-likeness (QED) is 0.703. The van der Waals surface area contributed by atoms with E-state index in [2.05, 4.69) is 25.0 Å². The van der Waals surface area contributed by atoms with Crippen LogP contribution in [0.4, 0.5) is 0 Å². The topological polar surface area (TPSA) is 81.5 Å². The third kappa shape index (κ3) is 1.52. The number of ether oxygens (including phenoxy) is 1. The Morgan fingerprint density at radius 2 is 2.29 bits per heavy atom. The SMILES string of the molecule is COc1cc(-c2nc3ncncc3[nH]2)nn1C. The van der Waals surface area contributed by atoms with E-state index in [1.54, 1.807) is 18.0 Å². The number of nitrogens with one attached hydrogen (secondary N) is 1. The van der Waals surface area contributed by atoms with Crippen LogP contribution in [-0.4, -0.2) is 36.8 Å². The second-order valence-corrected chi connectivity index (χ2v) is 3.54. The molecule has 0 saturated heterocycles. The van der Waals surface area contributed by atoms with Crippen molar-refractivity contribution in [2.24, 2.45) is 7.05 Å². The average Bonchev–Trinajstić information content (AvgIpc) is 2.91. The highest BCUT2D eigenvalue weighted by Gasteiger charge is 2.11. The number of fused-ring (bicyclic) bond motifs is 1. The highest BCUT2D eigenvalue weighted by Crippen LogP contribution is 2.21. The van der Waals surface area contributed by atoms with E-state index < -0.39 is 0 Å². The second kappa shape index (κ2) is 3.55. The second-order valence-electron chi connectivity index (χ2n) is 3.54. The minimum absolute atomic E-state index is 0.625. The van der Waals surface area contributed by atoms with Gasteiger partial charge in [-0.2, -0.15) is 5.10 Å². The minimum Gasteiger partial charge on any atom is -0.481 e. The van der Waals surface area contributed by atoms with Crippen LogP contribution in [0.5, 0.6) is 5.88 Å². The Balaban J connectivity index is 2.13. The Hall–Kier alpha value is -2.44. The van der Waals surface area contributed by atoms with E-state index in [9.17, 15) is 0 Å². The minimum atomic E-state index is 0.625. The Morgan fingerprint density at radius 3 is 3.00 bits per heavy atom. The first-order valence-electron chi connectivity index (χ1n) is 5.02. The zero-order chi connectivity index (χ0) is 11.8. The largest absolute Gasteiger partial charge is 0.481 e. The summed E-state index contributed by atoms with van der Waals surface area (Å²) >= 11 is 0. The molecule has 7 heteroatoms. The number of rotatable bonds is 2. The Labute approximate surface area is 96.5 Å². The van der Waals surface area contributed by atoms with E-state index in [4.69, 9.17) is 4.74 Å². The van der Waals surface area contributed by atoms with Gasteiger partial charge in [-0.1, -0.05) is 0 Å². The number of hydrogen-bond donors (Lipinski definition) is 1. The maximum Gasteiger partial charge on any atom is 0.211 e. The molecule has 86 valence electrons. The molecule has 0 amide bonds. The van der Waals surface area contributed by atoms with Crippen molar-refractivity contribution in [1.82, 2.24) is 29.7 Å². The van der Waals surface area contributed by atoms with Crippen molar-refractivity contribution in [3.63, 3.8) is 0 Å². The van der Waals surface area contributed by atoms with Crippen LogP contribution in [0.1, 0.15) is 0 Å². The molecule has 0 spiro atoms. The van der Waals surface area contributed by atoms with Gasteiger partial charge in [0.25, 0.3) is 0 Å². The highest BCUT2D eigenvalue weighted by atomic mass is 16.5. The average molecular weight is 230 g/mol. The third-order valence-electron chi connectivity index (χ3n) is 2.45. The summed E-state index contributed by atoms with van der Waals surface area (Å²) < 4.78 is 6.80. The molecular weight excluding hydrogens is 220 g/mol. The summed E-state index contributed by atoms with van der Waals surface area (Å²) in [5.41, 5.74) is 2.12. The number of nitrogens with zero attached hydrogens (tertiary/aromatic N) is 5. The summed E-state index contributed by atoms with van der Waals surface area (Å²) in [6.45, 7) is 0. The molecule has 0 bridgehead atoms. The molecule has 0 aliphatic heterocycles. The van der Waals surface area contributed by atoms with Gasteiger partial charge in [-0.05, 0) is 0 Å². The first-order chi connectivity index (χ1) is 8.28. The monoisotopic (exact) mass is 230 g/mol. The smallest absolute Gasteiger partial charge is 0.211 e. The lowest BCUT2D eigenvalue weighted by Gasteiger charge is -1.95. The van der Waals surface area contributed by atoms with Crippen LogP contribution in [-0.2, 0) is 7.05 Å². The van der Waals surface area contributed by atoms with Crippen molar-refractivity contribution < 1.29 is 4.74 Å². The van der Waals surface area contributed by atoms with Crippen LogP contribution in [0.3, 0.4) is 0 Å². The molecule has 1 N–H and O–H groups in total. The van der Waals surface area contributed by atoms with Gasteiger partial charge in [0.1, 0.15) is 17.5 Å². The fraction of sp³-hybridized carbons (Fsp3) is 0.200. The van der Waals surface area contributed by atoms with Crippen molar-refractivity contribution >= 4 is 11.2 Å². The molecule has 3 rings (SSSR count). The van der Waals surface area contributed by atoms with Crippen LogP contribution < -0.4 is 4.74 Å². The van der Waals surface area contributed by atoms with Gasteiger partial charge in [0.2, 0.25) is 5.88 Å². The molecule has 17 heavy (non-hydrogen) atoms. The van der Waals surface area contributed by atoms with Gasteiger partial charge < -0.3 is 9.72 Å². The van der Waals surface area contributed by atoms with Crippen molar-refractivity contribution in [3.8, 4) is 17.4 Å². The highest BCUT2D eigenvalue weighted by molar-refractivity contribution is 5.73. The van der Waals surface area contributed by atoms with Gasteiger partial charge in [-0.25, -0.2) is 19.6 Å². The lowest BCUT2D eigenvalue weighted by Crippen LogP contribution is -1.94. The van der Waals surface area contributed by atoms with Gasteiger partial charge in [-0.3, -0.25) is 0 Å². The van der Waals surface area contributed by atoms with Crippen LogP contribution in [0.2, 0.25) is 0 Å². The lowest BCUT2D eigenvalue weighted by atomic mass is 10.4. The van der Waals surface area contributed by atoms with Crippen LogP contribution >= 0.6 is 0 Å². The van der Waals surface area contributed by atoms with Gasteiger partial charge in [-0.15, -0.1) is 0 Å². The summed E-state index contributed by atoms with van der Waals surface area (Å²) in [6, 6.07) is 1.81. The standard InChI is InChI=1S/C10H10N6O/c1-16-8(17-2)3-6(15-16)10-13-7-4-11-5-12-9(7)14-10/h3-5H,1-2H3,(H,11,12,13,14). The molecule has 0 aliphatic rings. The maximum absolute atomic E-state index is 5.15. The number of imidazole rings is 1. The molecule has 0 saturated carbocycles. The molecule has 3 heterocycles. The van der Waals surface area contributed by atoms with Gasteiger partial charge in [0.05, 0.1) is 13.3 Å². The Kier molecular flexibility index (Phi) is 2.04. The van der Waals surface area contributed by atoms with Gasteiger partial charge >= 0.3 is 0 Å². The summed E-state index contributed by atoms with van der Waals surface area (Å²) in [4.78, 5) is 15.4. The molecule has 7 nitrogen and oxygen atoms in total. The van der Waals surface area contributed by atoms with E-state index in [1.165, 1.54) is 6.33 Å². The molecule has 3 aromatic heterocycles. The lowest BCUT2D eigenvalue weighted by molar-refractivity contribution is 0.373. The van der Waals surface area contributed by atoms with Crippen molar-refractivity contribution in [2.75, 3.05) is 7.11 Å². The summed E-state index contributed by atoms with van der Waals surface area (Å²) in [7, 11) is 3.41. The number of methoxy groups -OCH3 is 1. The molecule has 0 radical (unpaired) electrons. The fourth-order valence-electron chi connectivity index (χ4n) is 1.64. The summed E-state index contributed by atoms with van der Waals surface area (Å²) in [5, 5.41) is 4.30. The number of aryl methyl sites for hydroxylation is 1. The van der Waals surface area contributed by atoms with E-state index in [1.807, 2.05) is 13.1 Å². The molecule has 0 fully saturated rings. The summed E-state index contributed by atoms with van der Waals surface area (Å²) in [6.07, 6.45) is 3.14. The van der Waals surface area contributed by atoms with E-state index in [-0.39, 0.29) is 0 Å². The third-order valence-corrected chi connectivity index (χ3v) is 2.45. The van der Waals surface area contributed by atoms with Crippen LogP contribution in [0.15, 0.2) is 18.6 Å². The van der Waals surface area contributed by atoms with Crippen molar-refractivity contribution in [1.29, 1.82) is 0 Å². The predicted molar refractivity (Wildman–Crippen MR) is 60.4 cm³/mol. The Bertz CT molecular complexity index is 637.